The topological polar surface area (TPSA) is 94.0 Å². The molecule has 108 valence electrons. The first-order valence-electron chi connectivity index (χ1n) is 6.39. The molecule has 2 aromatic heterocycles. The third-order valence-corrected chi connectivity index (χ3v) is 2.88. The van der Waals surface area contributed by atoms with E-state index in [2.05, 4.69) is 36.3 Å². The van der Waals surface area contributed by atoms with E-state index in [1.54, 1.807) is 10.7 Å². The zero-order valence-corrected chi connectivity index (χ0v) is 11.8. The van der Waals surface area contributed by atoms with Crippen molar-refractivity contribution in [1.82, 2.24) is 20.2 Å². The number of hydrogen-bond acceptors (Lipinski definition) is 5. The Kier molecular flexibility index (Phi) is 3.87. The fourth-order valence-corrected chi connectivity index (χ4v) is 2.17. The Labute approximate surface area is 116 Å². The van der Waals surface area contributed by atoms with Crippen molar-refractivity contribution in [3.63, 3.8) is 0 Å². The van der Waals surface area contributed by atoms with Crippen LogP contribution in [0.5, 0.6) is 0 Å². The van der Waals surface area contributed by atoms with Crippen LogP contribution in [-0.2, 0) is 4.79 Å². The summed E-state index contributed by atoms with van der Waals surface area (Å²) in [5.74, 6) is -0.345. The molecular formula is C13H18N4O3. The molecule has 0 spiro atoms. The van der Waals surface area contributed by atoms with Gasteiger partial charge in [-0.1, -0.05) is 20.8 Å². The lowest BCUT2D eigenvalue weighted by atomic mass is 9.87. The number of rotatable bonds is 5. The van der Waals surface area contributed by atoms with Gasteiger partial charge >= 0.3 is 5.97 Å². The summed E-state index contributed by atoms with van der Waals surface area (Å²) in [7, 11) is 0. The van der Waals surface area contributed by atoms with Crippen molar-refractivity contribution < 1.29 is 14.3 Å². The summed E-state index contributed by atoms with van der Waals surface area (Å²) in [5.41, 5.74) is 0.707. The standard InChI is InChI=1S/C13H18N4O3/c1-13(2,3)7-10(6-11(18)19)17-12(14-15-16-17)9-4-5-20-8-9/h4-5,8,10H,6-7H2,1-3H3,(H,18,19). The summed E-state index contributed by atoms with van der Waals surface area (Å²) in [6.07, 6.45) is 3.71. The lowest BCUT2D eigenvalue weighted by molar-refractivity contribution is -0.138. The lowest BCUT2D eigenvalue weighted by Gasteiger charge is -2.25. The second kappa shape index (κ2) is 5.44. The molecule has 0 saturated carbocycles. The minimum absolute atomic E-state index is 0.0207. The van der Waals surface area contributed by atoms with Crippen molar-refractivity contribution in [3.8, 4) is 11.4 Å². The number of nitrogens with zero attached hydrogens (tertiary/aromatic N) is 4. The number of aliphatic carboxylic acids is 1. The highest BCUT2D eigenvalue weighted by Crippen LogP contribution is 2.31. The van der Waals surface area contributed by atoms with Gasteiger partial charge in [-0.3, -0.25) is 4.79 Å². The molecule has 2 rings (SSSR count). The van der Waals surface area contributed by atoms with Gasteiger partial charge in [0.25, 0.3) is 0 Å². The van der Waals surface area contributed by atoms with Crippen LogP contribution >= 0.6 is 0 Å². The summed E-state index contributed by atoms with van der Waals surface area (Å²) in [4.78, 5) is 11.1. The van der Waals surface area contributed by atoms with Gasteiger partial charge in [0.1, 0.15) is 6.26 Å². The molecular weight excluding hydrogens is 260 g/mol. The van der Waals surface area contributed by atoms with E-state index in [4.69, 9.17) is 9.52 Å². The maximum Gasteiger partial charge on any atom is 0.305 e. The zero-order valence-electron chi connectivity index (χ0n) is 11.8. The fourth-order valence-electron chi connectivity index (χ4n) is 2.17. The molecule has 7 heteroatoms. The summed E-state index contributed by atoms with van der Waals surface area (Å²) in [6, 6.07) is 1.45. The lowest BCUT2D eigenvalue weighted by Crippen LogP contribution is -2.22. The number of aromatic nitrogens is 4. The van der Waals surface area contributed by atoms with E-state index in [0.717, 1.165) is 5.56 Å². The number of hydrogen-bond donors (Lipinski definition) is 1. The first kappa shape index (κ1) is 14.2. The highest BCUT2D eigenvalue weighted by atomic mass is 16.4. The predicted molar refractivity (Wildman–Crippen MR) is 70.9 cm³/mol. The van der Waals surface area contributed by atoms with Crippen molar-refractivity contribution in [3.05, 3.63) is 18.6 Å². The maximum atomic E-state index is 11.1. The molecule has 7 nitrogen and oxygen atoms in total. The molecule has 1 unspecified atom stereocenters. The van der Waals surface area contributed by atoms with Gasteiger partial charge in [-0.25, -0.2) is 4.68 Å². The van der Waals surface area contributed by atoms with Crippen LogP contribution in [-0.4, -0.2) is 31.3 Å². The molecule has 0 bridgehead atoms. The molecule has 20 heavy (non-hydrogen) atoms. The Morgan fingerprint density at radius 2 is 2.25 bits per heavy atom. The van der Waals surface area contributed by atoms with Gasteiger partial charge in [-0.2, -0.15) is 0 Å². The monoisotopic (exact) mass is 278 g/mol. The first-order valence-corrected chi connectivity index (χ1v) is 6.39. The smallest absolute Gasteiger partial charge is 0.305 e. The van der Waals surface area contributed by atoms with Crippen LogP contribution < -0.4 is 0 Å². The molecule has 0 aromatic carbocycles. The molecule has 0 amide bonds. The van der Waals surface area contributed by atoms with Crippen LogP contribution in [0.3, 0.4) is 0 Å². The van der Waals surface area contributed by atoms with Gasteiger partial charge in [0.15, 0.2) is 5.82 Å². The second-order valence-electron chi connectivity index (χ2n) is 5.98. The Morgan fingerprint density at radius 1 is 1.50 bits per heavy atom. The molecule has 1 N–H and O–H groups in total. The van der Waals surface area contributed by atoms with Gasteiger partial charge < -0.3 is 9.52 Å². The summed E-state index contributed by atoms with van der Waals surface area (Å²) >= 11 is 0. The highest BCUT2D eigenvalue weighted by Gasteiger charge is 2.26. The number of furan rings is 1. The molecule has 0 aliphatic heterocycles. The average molecular weight is 278 g/mol. The van der Waals surface area contributed by atoms with Crippen molar-refractivity contribution in [2.45, 2.75) is 39.7 Å². The van der Waals surface area contributed by atoms with Crippen molar-refractivity contribution in [1.29, 1.82) is 0 Å². The van der Waals surface area contributed by atoms with Crippen molar-refractivity contribution in [2.75, 3.05) is 0 Å². The van der Waals surface area contributed by atoms with E-state index < -0.39 is 5.97 Å². The maximum absolute atomic E-state index is 11.1. The largest absolute Gasteiger partial charge is 0.481 e. The minimum Gasteiger partial charge on any atom is -0.481 e. The molecule has 0 aliphatic rings. The van der Waals surface area contributed by atoms with E-state index in [0.29, 0.717) is 12.2 Å². The Bertz CT molecular complexity index is 569. The van der Waals surface area contributed by atoms with Crippen LogP contribution in [0.25, 0.3) is 11.4 Å². The van der Waals surface area contributed by atoms with Crippen LogP contribution in [0.2, 0.25) is 0 Å². The van der Waals surface area contributed by atoms with Crippen LogP contribution in [0.1, 0.15) is 39.7 Å². The average Bonchev–Trinajstić information content (AvgIpc) is 2.96. The Hall–Kier alpha value is -2.18. The molecule has 0 saturated heterocycles. The summed E-state index contributed by atoms with van der Waals surface area (Å²) < 4.78 is 6.60. The number of tetrazole rings is 1. The minimum atomic E-state index is -0.868. The molecule has 0 radical (unpaired) electrons. The Balaban J connectivity index is 2.34. The summed E-state index contributed by atoms with van der Waals surface area (Å²) in [5, 5.41) is 20.7. The number of carbonyl (C=O) groups is 1. The molecule has 0 fully saturated rings. The van der Waals surface area contributed by atoms with Gasteiger partial charge in [0.05, 0.1) is 24.3 Å². The summed E-state index contributed by atoms with van der Waals surface area (Å²) in [6.45, 7) is 6.18. The SMILES string of the molecule is CC(C)(C)CC(CC(=O)O)n1nnnc1-c1ccoc1. The third-order valence-electron chi connectivity index (χ3n) is 2.88. The third kappa shape index (κ3) is 3.43. The Morgan fingerprint density at radius 3 is 2.80 bits per heavy atom. The predicted octanol–water partition coefficient (Wildman–Crippen LogP) is 2.39. The molecule has 2 aromatic rings. The van der Waals surface area contributed by atoms with Crippen LogP contribution in [0.15, 0.2) is 23.0 Å². The molecule has 2 heterocycles. The quantitative estimate of drug-likeness (QED) is 0.902. The van der Waals surface area contributed by atoms with Gasteiger partial charge in [0.2, 0.25) is 0 Å². The molecule has 1 atom stereocenters. The molecule has 0 aliphatic carbocycles. The van der Waals surface area contributed by atoms with Crippen molar-refractivity contribution >= 4 is 5.97 Å². The number of carboxylic acids is 1. The van der Waals surface area contributed by atoms with E-state index in [-0.39, 0.29) is 17.9 Å². The van der Waals surface area contributed by atoms with E-state index >= 15 is 0 Å². The van der Waals surface area contributed by atoms with E-state index in [9.17, 15) is 4.79 Å². The fraction of sp³-hybridized carbons (Fsp3) is 0.538. The normalized spacial score (nSPS) is 13.3. The second-order valence-corrected chi connectivity index (χ2v) is 5.98. The van der Waals surface area contributed by atoms with Crippen molar-refractivity contribution in [2.24, 2.45) is 5.41 Å². The number of carboxylic acid groups (broad SMARTS) is 1. The van der Waals surface area contributed by atoms with Crippen LogP contribution in [0, 0.1) is 5.41 Å². The van der Waals surface area contributed by atoms with Gasteiger partial charge in [-0.15, -0.1) is 5.10 Å². The van der Waals surface area contributed by atoms with Crippen LogP contribution in [0.4, 0.5) is 0 Å². The van der Waals surface area contributed by atoms with Gasteiger partial charge in [0, 0.05) is 0 Å². The van der Waals surface area contributed by atoms with E-state index in [1.165, 1.54) is 12.5 Å². The van der Waals surface area contributed by atoms with E-state index in [1.807, 2.05) is 0 Å². The highest BCUT2D eigenvalue weighted by molar-refractivity contribution is 5.67. The zero-order chi connectivity index (χ0) is 14.8. The first-order chi connectivity index (χ1) is 9.37. The van der Waals surface area contributed by atoms with Gasteiger partial charge in [-0.05, 0) is 28.3 Å².